The summed E-state index contributed by atoms with van der Waals surface area (Å²) in [6.45, 7) is -1.74. The fourth-order valence-corrected chi connectivity index (χ4v) is 13.6. The summed E-state index contributed by atoms with van der Waals surface area (Å²) in [5.74, 6) is -5.27. The van der Waals surface area contributed by atoms with Gasteiger partial charge in [-0.1, -0.05) is 0 Å². The molecule has 0 heterocycles. The van der Waals surface area contributed by atoms with Crippen molar-refractivity contribution < 1.29 is 74.7 Å². The number of rotatable bonds is 20. The molecule has 0 saturated carbocycles. The lowest BCUT2D eigenvalue weighted by atomic mass is 10.1. The third-order valence-electron chi connectivity index (χ3n) is 8.12. The van der Waals surface area contributed by atoms with Gasteiger partial charge in [-0.3, -0.25) is 28.8 Å². The van der Waals surface area contributed by atoms with Crippen molar-refractivity contribution in [1.29, 1.82) is 0 Å². The van der Waals surface area contributed by atoms with Gasteiger partial charge < -0.3 is 77.9 Å². The van der Waals surface area contributed by atoms with Crippen LogP contribution in [0.5, 0.6) is 0 Å². The smallest absolute Gasteiger partial charge is 0.253 e. The second kappa shape index (κ2) is 25.7. The van der Waals surface area contributed by atoms with Crippen LogP contribution in [0.25, 0.3) is 0 Å². The number of aliphatic hydroxyl groups excluding tert-OH is 9. The lowest BCUT2D eigenvalue weighted by Crippen LogP contribution is -2.48. The second-order valence-electron chi connectivity index (χ2n) is 12.6. The van der Waals surface area contributed by atoms with Gasteiger partial charge in [-0.2, -0.15) is 0 Å². The minimum absolute atomic E-state index is 0.0378. The van der Waals surface area contributed by atoms with Crippen molar-refractivity contribution in [2.24, 2.45) is 0 Å². The largest absolute Gasteiger partial charge is 0.394 e. The van der Waals surface area contributed by atoms with Crippen molar-refractivity contribution in [3.05, 3.63) is 43.7 Å². The summed E-state index contributed by atoms with van der Waals surface area (Å²) in [6, 6.07) is -2.64. The zero-order chi connectivity index (χ0) is 45.9. The van der Waals surface area contributed by atoms with Gasteiger partial charge >= 0.3 is 0 Å². The quantitative estimate of drug-likeness (QED) is 0.0662. The molecule has 6 amide bonds. The van der Waals surface area contributed by atoms with Crippen molar-refractivity contribution in [1.82, 2.24) is 21.3 Å². The number of halogens is 6. The third-order valence-corrected chi connectivity index (χ3v) is 14.6. The Kier molecular flexibility index (Phi) is 23.7. The molecule has 2 aromatic carbocycles. The summed E-state index contributed by atoms with van der Waals surface area (Å²) in [6.07, 6.45) is -7.56. The van der Waals surface area contributed by atoms with Crippen molar-refractivity contribution in [2.75, 3.05) is 50.2 Å². The van der Waals surface area contributed by atoms with Crippen LogP contribution >= 0.6 is 136 Å². The van der Waals surface area contributed by atoms with Crippen LogP contribution in [0.3, 0.4) is 0 Å². The highest BCUT2D eigenvalue weighted by Gasteiger charge is 2.33. The minimum Gasteiger partial charge on any atom is -0.394 e. The van der Waals surface area contributed by atoms with E-state index in [1.807, 2.05) is 0 Å². The normalized spacial score (nSPS) is 14.8. The van der Waals surface area contributed by atoms with Crippen LogP contribution in [-0.2, 0) is 9.59 Å². The first kappa shape index (κ1) is 55.4. The summed E-state index contributed by atoms with van der Waals surface area (Å²) in [7, 11) is 0. The molecule has 0 spiro atoms. The highest BCUT2D eigenvalue weighted by Crippen LogP contribution is 2.37. The molecule has 2 aromatic rings. The molecule has 27 heteroatoms. The standard InChI is InChI=1S/C33H40I6N6O15/c1-9(50)28(55)44-26-22(36)16(20(34)18(24(26)38)32(59)42-12(5-46)14(53)7-48)30(57)40-3-11(52)4-41-31(58)17-21(35)19(33(60)43-13(6-47)15(54)8-49)25(39)27(23(17)37)45-29(56)10(2)51/h9-15,46-54H,3-8H2,1-2H3,(H,40,57)(H,41,58)(H,42,59)(H,43,60)(H,44,55)(H,45,56)/t9-,10-,11?,12?,13?,14?,15?/m0/s1. The predicted octanol–water partition coefficient (Wildman–Crippen LogP) is -1.64. The van der Waals surface area contributed by atoms with Crippen LogP contribution in [0.1, 0.15) is 55.3 Å². The molecule has 0 aliphatic heterocycles. The highest BCUT2D eigenvalue weighted by molar-refractivity contribution is 14.1. The number of benzene rings is 2. The first-order valence-electron chi connectivity index (χ1n) is 17.0. The molecule has 0 aliphatic carbocycles. The number of anilines is 2. The molecule has 21 nitrogen and oxygen atoms in total. The van der Waals surface area contributed by atoms with Crippen molar-refractivity contribution in [3.8, 4) is 0 Å². The molecule has 0 radical (unpaired) electrons. The topological polar surface area (TPSA) is 357 Å². The van der Waals surface area contributed by atoms with Crippen LogP contribution in [-0.4, -0.2) is 164 Å². The summed E-state index contributed by atoms with van der Waals surface area (Å²) >= 11 is 10.4. The maximum absolute atomic E-state index is 13.7. The van der Waals surface area contributed by atoms with E-state index in [-0.39, 0.29) is 55.0 Å². The summed E-state index contributed by atoms with van der Waals surface area (Å²) < 4.78 is 0.570. The Morgan fingerprint density at radius 3 is 1.00 bits per heavy atom. The summed E-state index contributed by atoms with van der Waals surface area (Å²) in [4.78, 5) is 79.6. The molecule has 334 valence electrons. The molecule has 15 N–H and O–H groups in total. The van der Waals surface area contributed by atoms with Gasteiger partial charge in [0.15, 0.2) is 0 Å². The summed E-state index contributed by atoms with van der Waals surface area (Å²) in [5.41, 5.74) is -0.729. The molecule has 0 aliphatic rings. The van der Waals surface area contributed by atoms with E-state index in [0.717, 1.165) is 0 Å². The SMILES string of the molecule is C[C@H](O)C(=O)Nc1c(I)c(C(=O)NCC(O)CNC(=O)c2c(I)c(NC(=O)[C@H](C)O)c(I)c(C(=O)NC(CO)C(O)CO)c2I)c(I)c(C(=O)NC(CO)C(O)CO)c1I. The number of carbonyl (C=O) groups excluding carboxylic acids is 6. The number of carbonyl (C=O) groups is 6. The number of aliphatic hydroxyl groups is 9. The zero-order valence-electron chi connectivity index (χ0n) is 31.0. The van der Waals surface area contributed by atoms with Gasteiger partial charge in [-0.25, -0.2) is 0 Å². The van der Waals surface area contributed by atoms with Crippen LogP contribution in [0, 0.1) is 21.4 Å². The predicted molar refractivity (Wildman–Crippen MR) is 263 cm³/mol. The Hall–Kier alpha value is -0.720. The number of nitrogens with one attached hydrogen (secondary N) is 6. The molecule has 0 bridgehead atoms. The Morgan fingerprint density at radius 1 is 0.467 bits per heavy atom. The van der Waals surface area contributed by atoms with E-state index < -0.39 is 118 Å². The van der Waals surface area contributed by atoms with Crippen LogP contribution in [0.4, 0.5) is 11.4 Å². The van der Waals surface area contributed by atoms with Gasteiger partial charge in [0.05, 0.1) is 105 Å². The van der Waals surface area contributed by atoms with E-state index >= 15 is 0 Å². The maximum Gasteiger partial charge on any atom is 0.253 e. The second-order valence-corrected chi connectivity index (χ2v) is 19.0. The minimum atomic E-state index is -1.55. The lowest BCUT2D eigenvalue weighted by Gasteiger charge is -2.24. The van der Waals surface area contributed by atoms with Crippen LogP contribution < -0.4 is 31.9 Å². The van der Waals surface area contributed by atoms with Crippen molar-refractivity contribution >= 4 is 182 Å². The van der Waals surface area contributed by atoms with E-state index in [0.29, 0.717) is 0 Å². The van der Waals surface area contributed by atoms with E-state index in [9.17, 15) is 74.7 Å². The molecule has 4 unspecified atom stereocenters. The van der Waals surface area contributed by atoms with E-state index in [1.165, 1.54) is 13.8 Å². The van der Waals surface area contributed by atoms with E-state index in [2.05, 4.69) is 31.9 Å². The van der Waals surface area contributed by atoms with Gasteiger partial charge in [0.1, 0.15) is 12.2 Å². The lowest BCUT2D eigenvalue weighted by molar-refractivity contribution is -0.123. The number of amides is 6. The number of hydrogen-bond acceptors (Lipinski definition) is 15. The molecule has 0 saturated heterocycles. The first-order chi connectivity index (χ1) is 28.0. The molecule has 2 rings (SSSR count). The highest BCUT2D eigenvalue weighted by atomic mass is 127. The van der Waals surface area contributed by atoms with Crippen LogP contribution in [0.15, 0.2) is 0 Å². The Balaban J connectivity index is 2.49. The van der Waals surface area contributed by atoms with Gasteiger partial charge in [-0.05, 0) is 149 Å². The molecule has 60 heavy (non-hydrogen) atoms. The Morgan fingerprint density at radius 2 is 0.750 bits per heavy atom. The molecular formula is C33H40I6N6O15. The maximum atomic E-state index is 13.7. The zero-order valence-corrected chi connectivity index (χ0v) is 44.0. The van der Waals surface area contributed by atoms with Gasteiger partial charge in [0.25, 0.3) is 35.4 Å². The Labute approximate surface area is 423 Å². The van der Waals surface area contributed by atoms with E-state index in [1.54, 1.807) is 136 Å². The van der Waals surface area contributed by atoms with Crippen molar-refractivity contribution in [3.63, 3.8) is 0 Å². The Bertz CT molecular complexity index is 1820. The van der Waals surface area contributed by atoms with Gasteiger partial charge in [0.2, 0.25) is 0 Å². The molecule has 0 aromatic heterocycles. The average Bonchev–Trinajstić information content (AvgIpc) is 3.19. The van der Waals surface area contributed by atoms with Gasteiger partial charge in [0, 0.05) is 20.2 Å². The van der Waals surface area contributed by atoms with Gasteiger partial charge in [-0.15, -0.1) is 0 Å². The third kappa shape index (κ3) is 14.1. The van der Waals surface area contributed by atoms with Crippen molar-refractivity contribution in [2.45, 2.75) is 56.5 Å². The molecule has 0 fully saturated rings. The molecule has 6 atom stereocenters. The first-order valence-corrected chi connectivity index (χ1v) is 23.5. The fraction of sp³-hybridized carbons (Fsp3) is 0.455. The van der Waals surface area contributed by atoms with Crippen LogP contribution in [0.2, 0.25) is 0 Å². The average molecular weight is 1520 g/mol. The molecular weight excluding hydrogens is 1480 g/mol. The fourth-order valence-electron chi connectivity index (χ4n) is 4.73. The number of hydrogen-bond donors (Lipinski definition) is 15. The monoisotopic (exact) mass is 1520 g/mol. The van der Waals surface area contributed by atoms with E-state index in [4.69, 9.17) is 0 Å². The summed E-state index contributed by atoms with van der Waals surface area (Å²) in [5, 5.41) is 103.